The molecule has 2 unspecified atom stereocenters. The monoisotopic (exact) mass is 230 g/mol. The number of rotatable bonds is 4. The summed E-state index contributed by atoms with van der Waals surface area (Å²) < 4.78 is 5.48. The number of carbonyl (C=O) groups is 1. The van der Waals surface area contributed by atoms with Crippen molar-refractivity contribution < 1.29 is 9.53 Å². The highest BCUT2D eigenvalue weighted by atomic mass is 16.5. The average Bonchev–Trinajstić information content (AvgIpc) is 2.81. The first-order chi connectivity index (χ1) is 8.18. The van der Waals surface area contributed by atoms with E-state index in [1.807, 2.05) is 30.3 Å². The van der Waals surface area contributed by atoms with Gasteiger partial charge in [0.2, 0.25) is 0 Å². The molecule has 90 valence electrons. The number of Topliss-reactive ketones (excluding diaryl/α,β-unsaturated/α-hetero) is 1. The molecule has 1 heterocycles. The molecule has 0 spiro atoms. The summed E-state index contributed by atoms with van der Waals surface area (Å²) >= 11 is 0. The van der Waals surface area contributed by atoms with Gasteiger partial charge in [0.25, 0.3) is 0 Å². The summed E-state index contributed by atoms with van der Waals surface area (Å²) in [5, 5.41) is 0. The highest BCUT2D eigenvalue weighted by Crippen LogP contribution is 2.28. The van der Waals surface area contributed by atoms with E-state index in [2.05, 4.69) is 6.92 Å². The SMILES string of the molecule is CC(=O)c1ccccc1C(C)CC1CC=CO1. The van der Waals surface area contributed by atoms with Crippen LogP contribution in [0.5, 0.6) is 0 Å². The predicted octanol–water partition coefficient (Wildman–Crippen LogP) is 3.69. The van der Waals surface area contributed by atoms with Crippen LogP contribution in [-0.4, -0.2) is 11.9 Å². The molecule has 0 aromatic heterocycles. The van der Waals surface area contributed by atoms with Gasteiger partial charge in [0.05, 0.1) is 6.26 Å². The van der Waals surface area contributed by atoms with Gasteiger partial charge in [0.15, 0.2) is 5.78 Å². The van der Waals surface area contributed by atoms with Crippen LogP contribution in [0.2, 0.25) is 0 Å². The lowest BCUT2D eigenvalue weighted by Gasteiger charge is -2.18. The summed E-state index contributed by atoms with van der Waals surface area (Å²) in [6.07, 6.45) is 6.02. The Hall–Kier alpha value is -1.57. The van der Waals surface area contributed by atoms with Gasteiger partial charge >= 0.3 is 0 Å². The van der Waals surface area contributed by atoms with E-state index in [0.29, 0.717) is 5.92 Å². The first kappa shape index (κ1) is 11.9. The number of carbonyl (C=O) groups excluding carboxylic acids is 1. The van der Waals surface area contributed by atoms with Gasteiger partial charge in [-0.1, -0.05) is 31.2 Å². The van der Waals surface area contributed by atoms with Gasteiger partial charge in [-0.2, -0.15) is 0 Å². The smallest absolute Gasteiger partial charge is 0.160 e. The summed E-state index contributed by atoms with van der Waals surface area (Å²) in [4.78, 5) is 11.6. The molecule has 0 amide bonds. The molecule has 0 fully saturated rings. The van der Waals surface area contributed by atoms with E-state index in [4.69, 9.17) is 4.74 Å². The van der Waals surface area contributed by atoms with Crippen molar-refractivity contribution in [3.8, 4) is 0 Å². The zero-order valence-electron chi connectivity index (χ0n) is 10.3. The van der Waals surface area contributed by atoms with Gasteiger partial charge in [-0.3, -0.25) is 4.79 Å². The highest BCUT2D eigenvalue weighted by molar-refractivity contribution is 5.95. The van der Waals surface area contributed by atoms with Crippen LogP contribution in [-0.2, 0) is 4.74 Å². The van der Waals surface area contributed by atoms with E-state index in [0.717, 1.165) is 24.0 Å². The fourth-order valence-electron chi connectivity index (χ4n) is 2.35. The number of hydrogen-bond donors (Lipinski definition) is 0. The summed E-state index contributed by atoms with van der Waals surface area (Å²) in [6.45, 7) is 3.78. The van der Waals surface area contributed by atoms with Crippen molar-refractivity contribution in [1.29, 1.82) is 0 Å². The Morgan fingerprint density at radius 1 is 1.47 bits per heavy atom. The standard InChI is InChI=1S/C15H18O2/c1-11(10-13-6-5-9-17-13)14-7-3-4-8-15(14)12(2)16/h3-5,7-9,11,13H,6,10H2,1-2H3. The van der Waals surface area contributed by atoms with Gasteiger partial charge < -0.3 is 4.74 Å². The zero-order chi connectivity index (χ0) is 12.3. The molecule has 2 nitrogen and oxygen atoms in total. The molecule has 0 aliphatic carbocycles. The fraction of sp³-hybridized carbons (Fsp3) is 0.400. The molecule has 0 bridgehead atoms. The Bertz CT molecular complexity index is 426. The van der Waals surface area contributed by atoms with Crippen LogP contribution in [0.1, 0.15) is 48.5 Å². The normalized spacial score (nSPS) is 20.0. The lowest BCUT2D eigenvalue weighted by atomic mass is 9.89. The van der Waals surface area contributed by atoms with Crippen LogP contribution in [0.3, 0.4) is 0 Å². The number of ketones is 1. The fourth-order valence-corrected chi connectivity index (χ4v) is 2.35. The third-order valence-electron chi connectivity index (χ3n) is 3.25. The second-order valence-corrected chi connectivity index (χ2v) is 4.65. The summed E-state index contributed by atoms with van der Waals surface area (Å²) in [6, 6.07) is 7.86. The van der Waals surface area contributed by atoms with Crippen LogP contribution in [0, 0.1) is 0 Å². The second kappa shape index (κ2) is 5.17. The molecule has 2 rings (SSSR count). The van der Waals surface area contributed by atoms with Gasteiger partial charge in [-0.15, -0.1) is 0 Å². The molecular formula is C15H18O2. The van der Waals surface area contributed by atoms with E-state index in [1.54, 1.807) is 13.2 Å². The van der Waals surface area contributed by atoms with Gasteiger partial charge in [0, 0.05) is 12.0 Å². The molecule has 0 radical (unpaired) electrons. The second-order valence-electron chi connectivity index (χ2n) is 4.65. The van der Waals surface area contributed by atoms with Crippen molar-refractivity contribution in [3.63, 3.8) is 0 Å². The van der Waals surface area contributed by atoms with E-state index in [1.165, 1.54) is 0 Å². The summed E-state index contributed by atoms with van der Waals surface area (Å²) in [7, 11) is 0. The lowest BCUT2D eigenvalue weighted by Crippen LogP contribution is -2.11. The van der Waals surface area contributed by atoms with Crippen LogP contribution < -0.4 is 0 Å². The first-order valence-corrected chi connectivity index (χ1v) is 6.09. The van der Waals surface area contributed by atoms with Crippen molar-refractivity contribution in [2.24, 2.45) is 0 Å². The molecule has 2 atom stereocenters. The Morgan fingerprint density at radius 3 is 2.88 bits per heavy atom. The predicted molar refractivity (Wildman–Crippen MR) is 68.1 cm³/mol. The van der Waals surface area contributed by atoms with Crippen molar-refractivity contribution in [2.75, 3.05) is 0 Å². The van der Waals surface area contributed by atoms with Gasteiger partial charge in [-0.25, -0.2) is 0 Å². The molecule has 2 heteroatoms. The van der Waals surface area contributed by atoms with Crippen LogP contribution in [0.25, 0.3) is 0 Å². The maximum absolute atomic E-state index is 11.6. The van der Waals surface area contributed by atoms with E-state index >= 15 is 0 Å². The molecule has 0 saturated carbocycles. The quantitative estimate of drug-likeness (QED) is 0.737. The third kappa shape index (κ3) is 2.76. The number of hydrogen-bond acceptors (Lipinski definition) is 2. The molecule has 0 saturated heterocycles. The minimum absolute atomic E-state index is 0.137. The molecule has 1 aliphatic rings. The van der Waals surface area contributed by atoms with Gasteiger partial charge in [-0.05, 0) is 30.9 Å². The Morgan fingerprint density at radius 2 is 2.24 bits per heavy atom. The van der Waals surface area contributed by atoms with Crippen LogP contribution in [0.4, 0.5) is 0 Å². The summed E-state index contributed by atoms with van der Waals surface area (Å²) in [5.74, 6) is 0.484. The van der Waals surface area contributed by atoms with E-state index < -0.39 is 0 Å². The first-order valence-electron chi connectivity index (χ1n) is 6.09. The largest absolute Gasteiger partial charge is 0.498 e. The zero-order valence-corrected chi connectivity index (χ0v) is 10.3. The summed E-state index contributed by atoms with van der Waals surface area (Å²) in [5.41, 5.74) is 1.97. The molecule has 0 N–H and O–H groups in total. The maximum Gasteiger partial charge on any atom is 0.160 e. The van der Waals surface area contributed by atoms with E-state index in [9.17, 15) is 4.79 Å². The third-order valence-corrected chi connectivity index (χ3v) is 3.25. The molecule has 1 aromatic carbocycles. The molecular weight excluding hydrogens is 212 g/mol. The van der Waals surface area contributed by atoms with E-state index in [-0.39, 0.29) is 11.9 Å². The minimum Gasteiger partial charge on any atom is -0.498 e. The Labute approximate surface area is 102 Å². The molecule has 17 heavy (non-hydrogen) atoms. The van der Waals surface area contributed by atoms with Crippen molar-refractivity contribution in [1.82, 2.24) is 0 Å². The van der Waals surface area contributed by atoms with Gasteiger partial charge in [0.1, 0.15) is 6.10 Å². The average molecular weight is 230 g/mol. The maximum atomic E-state index is 11.6. The van der Waals surface area contributed by atoms with Crippen molar-refractivity contribution in [2.45, 2.75) is 38.7 Å². The topological polar surface area (TPSA) is 26.3 Å². The van der Waals surface area contributed by atoms with Crippen LogP contribution >= 0.6 is 0 Å². The lowest BCUT2D eigenvalue weighted by molar-refractivity contribution is 0.101. The molecule has 1 aromatic rings. The Kier molecular flexibility index (Phi) is 3.62. The Balaban J connectivity index is 2.12. The molecule has 1 aliphatic heterocycles. The number of ether oxygens (including phenoxy) is 1. The van der Waals surface area contributed by atoms with Crippen LogP contribution in [0.15, 0.2) is 36.6 Å². The highest BCUT2D eigenvalue weighted by Gasteiger charge is 2.19. The number of benzene rings is 1. The van der Waals surface area contributed by atoms with Crippen molar-refractivity contribution >= 4 is 5.78 Å². The van der Waals surface area contributed by atoms with Crippen molar-refractivity contribution in [3.05, 3.63) is 47.7 Å². The minimum atomic E-state index is 0.137.